The molecule has 1 aliphatic rings. The van der Waals surface area contributed by atoms with E-state index in [9.17, 15) is 22.0 Å². The topological polar surface area (TPSA) is 90.5 Å². The molecule has 7 nitrogen and oxygen atoms in total. The molecule has 0 spiro atoms. The minimum Gasteiger partial charge on any atom is -0.342 e. The zero-order valence-corrected chi connectivity index (χ0v) is 18.9. The first kappa shape index (κ1) is 24.2. The average Bonchev–Trinajstić information content (AvgIpc) is 3.22. The van der Waals surface area contributed by atoms with Gasteiger partial charge >= 0.3 is 0 Å². The molecule has 1 amide bonds. The molecule has 2 unspecified atom stereocenters. The number of carbonyl (C=O) groups excluding carboxylic acids is 1. The SMILES string of the molecule is CCNS(=O)(=O)c1ccc(F)c(C(=O)N(C)CCCC2CC(c3ccc(F)cc3)NN2)c1. The lowest BCUT2D eigenvalue weighted by atomic mass is 9.99. The molecular weight excluding hydrogens is 438 g/mol. The summed E-state index contributed by atoms with van der Waals surface area (Å²) in [6.45, 7) is 2.22. The molecular formula is C22H28F2N4O3S. The lowest BCUT2D eigenvalue weighted by Crippen LogP contribution is -2.33. The minimum atomic E-state index is -3.79. The van der Waals surface area contributed by atoms with Gasteiger partial charge < -0.3 is 4.90 Å². The van der Waals surface area contributed by atoms with E-state index in [4.69, 9.17) is 0 Å². The van der Waals surface area contributed by atoms with Crippen LogP contribution in [0.25, 0.3) is 0 Å². The summed E-state index contributed by atoms with van der Waals surface area (Å²) < 4.78 is 54.0. The van der Waals surface area contributed by atoms with Gasteiger partial charge in [-0.1, -0.05) is 19.1 Å². The third kappa shape index (κ3) is 5.89. The second kappa shape index (κ2) is 10.5. The zero-order valence-electron chi connectivity index (χ0n) is 18.1. The first-order valence-electron chi connectivity index (χ1n) is 10.5. The molecule has 3 rings (SSSR count). The van der Waals surface area contributed by atoms with Gasteiger partial charge in [-0.05, 0) is 55.2 Å². The normalized spacial score (nSPS) is 18.6. The van der Waals surface area contributed by atoms with Crippen molar-refractivity contribution < 1.29 is 22.0 Å². The number of rotatable bonds is 9. The quantitative estimate of drug-likeness (QED) is 0.529. The lowest BCUT2D eigenvalue weighted by Gasteiger charge is -2.19. The molecule has 0 radical (unpaired) electrons. The van der Waals surface area contributed by atoms with E-state index in [-0.39, 0.29) is 34.9 Å². The first-order valence-corrected chi connectivity index (χ1v) is 12.0. The fourth-order valence-electron chi connectivity index (χ4n) is 3.72. The number of nitrogens with one attached hydrogen (secondary N) is 3. The molecule has 3 N–H and O–H groups in total. The molecule has 10 heteroatoms. The Bertz CT molecular complexity index is 1050. The van der Waals surface area contributed by atoms with Crippen LogP contribution >= 0.6 is 0 Å². The molecule has 2 aromatic rings. The molecule has 32 heavy (non-hydrogen) atoms. The van der Waals surface area contributed by atoms with E-state index >= 15 is 0 Å². The highest BCUT2D eigenvalue weighted by Crippen LogP contribution is 2.24. The molecule has 1 fully saturated rings. The Labute approximate surface area is 187 Å². The number of nitrogens with zero attached hydrogens (tertiary/aromatic N) is 1. The van der Waals surface area contributed by atoms with Crippen molar-refractivity contribution in [3.8, 4) is 0 Å². The van der Waals surface area contributed by atoms with Crippen LogP contribution in [0.1, 0.15) is 48.1 Å². The van der Waals surface area contributed by atoms with Crippen LogP contribution in [0.4, 0.5) is 8.78 Å². The van der Waals surface area contributed by atoms with Crippen LogP contribution < -0.4 is 15.6 Å². The van der Waals surface area contributed by atoms with E-state index < -0.39 is 21.7 Å². The molecule has 0 saturated carbocycles. The Morgan fingerprint density at radius 1 is 1.16 bits per heavy atom. The molecule has 1 heterocycles. The molecule has 174 valence electrons. The maximum absolute atomic E-state index is 14.2. The van der Waals surface area contributed by atoms with Gasteiger partial charge in [0.15, 0.2) is 0 Å². The zero-order chi connectivity index (χ0) is 23.3. The van der Waals surface area contributed by atoms with Gasteiger partial charge in [-0.2, -0.15) is 0 Å². The largest absolute Gasteiger partial charge is 0.342 e. The standard InChI is InChI=1S/C22H28F2N4O3S/c1-3-25-32(30,31)18-10-11-20(24)19(14-18)22(29)28(2)12-4-5-17-13-21(27-26-17)15-6-8-16(23)9-7-15/h6-11,14,17,21,25-27H,3-5,12-13H2,1-2H3. The number of halogens is 2. The third-order valence-electron chi connectivity index (χ3n) is 5.46. The minimum absolute atomic E-state index is 0.0791. The van der Waals surface area contributed by atoms with Crippen LogP contribution in [-0.2, 0) is 10.0 Å². The van der Waals surface area contributed by atoms with E-state index in [0.717, 1.165) is 36.6 Å². The number of hydrazine groups is 1. The van der Waals surface area contributed by atoms with E-state index in [0.29, 0.717) is 13.0 Å². The number of hydrogen-bond donors (Lipinski definition) is 3. The second-order valence-corrected chi connectivity index (χ2v) is 9.60. The Morgan fingerprint density at radius 3 is 2.56 bits per heavy atom. The summed E-state index contributed by atoms with van der Waals surface area (Å²) >= 11 is 0. The smallest absolute Gasteiger partial charge is 0.256 e. The predicted octanol–water partition coefficient (Wildman–Crippen LogP) is 2.72. The van der Waals surface area contributed by atoms with Crippen LogP contribution in [-0.4, -0.2) is 45.4 Å². The summed E-state index contributed by atoms with van der Waals surface area (Å²) in [7, 11) is -2.23. The molecule has 2 aromatic carbocycles. The summed E-state index contributed by atoms with van der Waals surface area (Å²) in [5, 5.41) is 0. The van der Waals surface area contributed by atoms with Crippen LogP contribution in [0.3, 0.4) is 0 Å². The fourth-order valence-corrected chi connectivity index (χ4v) is 4.78. The van der Waals surface area contributed by atoms with E-state index in [1.165, 1.54) is 17.0 Å². The highest BCUT2D eigenvalue weighted by Gasteiger charge is 2.25. The summed E-state index contributed by atoms with van der Waals surface area (Å²) in [6, 6.07) is 9.84. The Kier molecular flexibility index (Phi) is 7.94. The van der Waals surface area contributed by atoms with Gasteiger partial charge in [-0.25, -0.2) is 21.9 Å². The predicted molar refractivity (Wildman–Crippen MR) is 117 cm³/mol. The Hall–Kier alpha value is -2.40. The number of hydrogen-bond acceptors (Lipinski definition) is 5. The molecule has 2 atom stereocenters. The molecule has 0 bridgehead atoms. The van der Waals surface area contributed by atoms with Gasteiger partial charge in [0.25, 0.3) is 5.91 Å². The fraction of sp³-hybridized carbons (Fsp3) is 0.409. The van der Waals surface area contributed by atoms with Crippen molar-refractivity contribution in [2.75, 3.05) is 20.1 Å². The molecule has 1 saturated heterocycles. The lowest BCUT2D eigenvalue weighted by molar-refractivity contribution is 0.0786. The highest BCUT2D eigenvalue weighted by atomic mass is 32.2. The van der Waals surface area contributed by atoms with Crippen LogP contribution in [0.2, 0.25) is 0 Å². The highest BCUT2D eigenvalue weighted by molar-refractivity contribution is 7.89. The Morgan fingerprint density at radius 2 is 1.88 bits per heavy atom. The number of sulfonamides is 1. The van der Waals surface area contributed by atoms with Gasteiger partial charge in [-0.3, -0.25) is 15.6 Å². The van der Waals surface area contributed by atoms with Crippen molar-refractivity contribution in [1.29, 1.82) is 0 Å². The molecule has 0 aliphatic carbocycles. The first-order chi connectivity index (χ1) is 15.2. The number of amides is 1. The maximum Gasteiger partial charge on any atom is 0.256 e. The monoisotopic (exact) mass is 466 g/mol. The van der Waals surface area contributed by atoms with Crippen molar-refractivity contribution in [1.82, 2.24) is 20.5 Å². The summed E-state index contributed by atoms with van der Waals surface area (Å²) in [6.07, 6.45) is 2.27. The third-order valence-corrected chi connectivity index (χ3v) is 7.00. The van der Waals surface area contributed by atoms with Crippen LogP contribution in [0.15, 0.2) is 47.4 Å². The average molecular weight is 467 g/mol. The van der Waals surface area contributed by atoms with Crippen molar-refractivity contribution in [2.24, 2.45) is 0 Å². The number of carbonyl (C=O) groups is 1. The van der Waals surface area contributed by atoms with Gasteiger partial charge in [0.05, 0.1) is 10.5 Å². The Balaban J connectivity index is 1.54. The maximum atomic E-state index is 14.2. The summed E-state index contributed by atoms with van der Waals surface area (Å²) in [5.74, 6) is -1.61. The van der Waals surface area contributed by atoms with Gasteiger partial charge in [0, 0.05) is 32.2 Å². The summed E-state index contributed by atoms with van der Waals surface area (Å²) in [4.78, 5) is 13.9. The van der Waals surface area contributed by atoms with Crippen molar-refractivity contribution in [3.05, 3.63) is 65.2 Å². The van der Waals surface area contributed by atoms with Crippen molar-refractivity contribution in [3.63, 3.8) is 0 Å². The van der Waals surface area contributed by atoms with Gasteiger partial charge in [0.2, 0.25) is 10.0 Å². The molecule has 0 aromatic heterocycles. The number of benzene rings is 2. The van der Waals surface area contributed by atoms with E-state index in [1.807, 2.05) is 0 Å². The van der Waals surface area contributed by atoms with E-state index in [1.54, 1.807) is 26.1 Å². The van der Waals surface area contributed by atoms with Crippen molar-refractivity contribution in [2.45, 2.75) is 43.2 Å². The van der Waals surface area contributed by atoms with Crippen LogP contribution in [0.5, 0.6) is 0 Å². The van der Waals surface area contributed by atoms with Crippen molar-refractivity contribution >= 4 is 15.9 Å². The van der Waals surface area contributed by atoms with E-state index in [2.05, 4.69) is 15.6 Å². The van der Waals surface area contributed by atoms with Gasteiger partial charge in [-0.15, -0.1) is 0 Å². The van der Waals surface area contributed by atoms with Crippen LogP contribution in [0, 0.1) is 11.6 Å². The summed E-state index contributed by atoms with van der Waals surface area (Å²) in [5.41, 5.74) is 7.14. The second-order valence-electron chi connectivity index (χ2n) is 7.84. The van der Waals surface area contributed by atoms with Gasteiger partial charge in [0.1, 0.15) is 11.6 Å². The molecule has 1 aliphatic heterocycles.